The Morgan fingerprint density at radius 2 is 2.32 bits per heavy atom. The van der Waals surface area contributed by atoms with E-state index in [9.17, 15) is 4.79 Å². The number of hydrogen-bond donors (Lipinski definition) is 1. The van der Waals surface area contributed by atoms with Crippen molar-refractivity contribution in [1.29, 1.82) is 0 Å². The van der Waals surface area contributed by atoms with Gasteiger partial charge in [-0.1, -0.05) is 36.4 Å². The number of benzene rings is 1. The second-order valence-electron chi connectivity index (χ2n) is 4.56. The summed E-state index contributed by atoms with van der Waals surface area (Å²) in [6, 6.07) is 7.85. The molecule has 1 aromatic rings. The molecule has 4 heteroatoms. The Hall–Kier alpha value is -1.65. The lowest BCUT2D eigenvalue weighted by Crippen LogP contribution is -2.07. The molecule has 0 aromatic heterocycles. The molecule has 1 unspecified atom stereocenters. The summed E-state index contributed by atoms with van der Waals surface area (Å²) in [5, 5.41) is 8.63. The molecule has 1 heterocycles. The van der Waals surface area contributed by atoms with Gasteiger partial charge < -0.3 is 14.6 Å². The van der Waals surface area contributed by atoms with Gasteiger partial charge in [-0.05, 0) is 18.1 Å². The first kappa shape index (κ1) is 13.8. The molecule has 2 atom stereocenters. The van der Waals surface area contributed by atoms with Gasteiger partial charge in [-0.15, -0.1) is 0 Å². The normalized spacial score (nSPS) is 19.5. The molecule has 1 aliphatic rings. The van der Waals surface area contributed by atoms with Crippen LogP contribution in [-0.4, -0.2) is 30.4 Å². The molecule has 1 saturated heterocycles. The van der Waals surface area contributed by atoms with Gasteiger partial charge in [0.2, 0.25) is 0 Å². The van der Waals surface area contributed by atoms with Gasteiger partial charge in [0, 0.05) is 0 Å². The Balaban J connectivity index is 2.01. The van der Waals surface area contributed by atoms with Crippen LogP contribution in [0.3, 0.4) is 0 Å². The zero-order valence-electron chi connectivity index (χ0n) is 10.9. The summed E-state index contributed by atoms with van der Waals surface area (Å²) in [6.45, 7) is 3.38. The molecule has 0 bridgehead atoms. The van der Waals surface area contributed by atoms with E-state index in [0.29, 0.717) is 6.61 Å². The third-order valence-electron chi connectivity index (χ3n) is 2.96. The van der Waals surface area contributed by atoms with Crippen molar-refractivity contribution in [3.05, 3.63) is 41.5 Å². The van der Waals surface area contributed by atoms with Crippen molar-refractivity contribution in [3.8, 4) is 0 Å². The topological polar surface area (TPSA) is 59.1 Å². The van der Waals surface area contributed by atoms with Crippen molar-refractivity contribution in [2.24, 2.45) is 0 Å². The number of rotatable bonds is 7. The predicted molar refractivity (Wildman–Crippen MR) is 71.8 cm³/mol. The van der Waals surface area contributed by atoms with Crippen molar-refractivity contribution in [3.63, 3.8) is 0 Å². The predicted octanol–water partition coefficient (Wildman–Crippen LogP) is 2.65. The van der Waals surface area contributed by atoms with Crippen molar-refractivity contribution in [1.82, 2.24) is 0 Å². The molecule has 1 fully saturated rings. The van der Waals surface area contributed by atoms with Gasteiger partial charge in [-0.25, -0.2) is 0 Å². The minimum atomic E-state index is -0.830. The fourth-order valence-corrected chi connectivity index (χ4v) is 1.83. The van der Waals surface area contributed by atoms with Crippen molar-refractivity contribution in [2.75, 3.05) is 13.2 Å². The average Bonchev–Trinajstić information content (AvgIpc) is 3.20. The maximum absolute atomic E-state index is 10.5. The van der Waals surface area contributed by atoms with E-state index in [1.54, 1.807) is 6.08 Å². The van der Waals surface area contributed by atoms with E-state index in [1.165, 1.54) is 0 Å². The zero-order valence-corrected chi connectivity index (χ0v) is 10.9. The Labute approximate surface area is 112 Å². The molecular formula is C15H18O4. The molecule has 19 heavy (non-hydrogen) atoms. The lowest BCUT2D eigenvalue weighted by molar-refractivity contribution is -0.135. The maximum Gasteiger partial charge on any atom is 0.307 e. The number of carboxylic acid groups (broad SMARTS) is 1. The molecule has 0 spiro atoms. The summed E-state index contributed by atoms with van der Waals surface area (Å²) in [7, 11) is 0. The Bertz CT molecular complexity index is 463. The largest absolute Gasteiger partial charge is 0.481 e. The summed E-state index contributed by atoms with van der Waals surface area (Å²) in [6.07, 6.45) is 3.72. The second-order valence-corrected chi connectivity index (χ2v) is 4.56. The molecule has 2 rings (SSSR count). The van der Waals surface area contributed by atoms with E-state index in [0.717, 1.165) is 17.7 Å². The number of epoxide rings is 1. The van der Waals surface area contributed by atoms with Crippen LogP contribution in [0.1, 0.15) is 30.6 Å². The molecule has 102 valence electrons. The quantitative estimate of drug-likeness (QED) is 0.767. The van der Waals surface area contributed by atoms with Crippen LogP contribution in [0.2, 0.25) is 0 Å². The van der Waals surface area contributed by atoms with E-state index >= 15 is 0 Å². The monoisotopic (exact) mass is 262 g/mol. The number of carboxylic acids is 1. The zero-order chi connectivity index (χ0) is 13.7. The van der Waals surface area contributed by atoms with Crippen molar-refractivity contribution >= 4 is 12.0 Å². The lowest BCUT2D eigenvalue weighted by atomic mass is 10.0. The van der Waals surface area contributed by atoms with Crippen LogP contribution in [0, 0.1) is 0 Å². The average molecular weight is 262 g/mol. The number of aliphatic carboxylic acids is 1. The molecule has 1 aromatic carbocycles. The van der Waals surface area contributed by atoms with Crippen LogP contribution in [0.25, 0.3) is 6.08 Å². The highest BCUT2D eigenvalue weighted by atomic mass is 16.6. The Kier molecular flexibility index (Phi) is 4.71. The van der Waals surface area contributed by atoms with Crippen LogP contribution in [0.5, 0.6) is 0 Å². The van der Waals surface area contributed by atoms with Gasteiger partial charge in [-0.3, -0.25) is 4.79 Å². The molecule has 0 saturated carbocycles. The van der Waals surface area contributed by atoms with Gasteiger partial charge in [0.25, 0.3) is 0 Å². The number of ether oxygens (including phenoxy) is 2. The fourth-order valence-electron chi connectivity index (χ4n) is 1.83. The standard InChI is InChI=1S/C15H18O4/c1-11(18-9-13-10-19-13)14-7-3-2-5-12(14)6-4-8-15(16)17/h2-7,11,13H,8-10H2,1H3,(H,16,17)/t11-,13?/m1/s1. The highest BCUT2D eigenvalue weighted by Gasteiger charge is 2.23. The molecule has 1 aliphatic heterocycles. The van der Waals surface area contributed by atoms with Crippen molar-refractivity contribution in [2.45, 2.75) is 25.6 Å². The van der Waals surface area contributed by atoms with E-state index in [-0.39, 0.29) is 18.6 Å². The van der Waals surface area contributed by atoms with Gasteiger partial charge in [-0.2, -0.15) is 0 Å². The first-order chi connectivity index (χ1) is 9.16. The molecule has 0 aliphatic carbocycles. The van der Waals surface area contributed by atoms with Crippen LogP contribution in [0.4, 0.5) is 0 Å². The first-order valence-electron chi connectivity index (χ1n) is 6.37. The summed E-state index contributed by atoms with van der Waals surface area (Å²) in [5.41, 5.74) is 2.05. The lowest BCUT2D eigenvalue weighted by Gasteiger charge is -2.15. The fraction of sp³-hybridized carbons (Fsp3) is 0.400. The maximum atomic E-state index is 10.5. The van der Waals surface area contributed by atoms with E-state index in [1.807, 2.05) is 37.3 Å². The van der Waals surface area contributed by atoms with Gasteiger partial charge >= 0.3 is 5.97 Å². The van der Waals surface area contributed by atoms with Crippen LogP contribution in [-0.2, 0) is 14.3 Å². The minimum absolute atomic E-state index is 0.0273. The molecular weight excluding hydrogens is 244 g/mol. The van der Waals surface area contributed by atoms with Crippen LogP contribution in [0.15, 0.2) is 30.3 Å². The highest BCUT2D eigenvalue weighted by molar-refractivity contribution is 5.70. The molecule has 0 amide bonds. The van der Waals surface area contributed by atoms with E-state index < -0.39 is 5.97 Å². The summed E-state index contributed by atoms with van der Waals surface area (Å²) < 4.78 is 10.9. The molecule has 1 N–H and O–H groups in total. The Morgan fingerprint density at radius 1 is 1.58 bits per heavy atom. The van der Waals surface area contributed by atoms with E-state index in [2.05, 4.69) is 0 Å². The third-order valence-corrected chi connectivity index (χ3v) is 2.96. The highest BCUT2D eigenvalue weighted by Crippen LogP contribution is 2.24. The number of carbonyl (C=O) groups is 1. The third kappa shape index (κ3) is 4.50. The number of hydrogen-bond acceptors (Lipinski definition) is 3. The summed E-state index contributed by atoms with van der Waals surface area (Å²) >= 11 is 0. The SMILES string of the molecule is C[C@@H](OCC1CO1)c1ccccc1C=CCC(=O)O. The first-order valence-corrected chi connectivity index (χ1v) is 6.37. The Morgan fingerprint density at radius 3 is 3.00 bits per heavy atom. The molecule has 0 radical (unpaired) electrons. The summed E-state index contributed by atoms with van der Waals surface area (Å²) in [5.74, 6) is -0.830. The van der Waals surface area contributed by atoms with Crippen LogP contribution < -0.4 is 0 Å². The van der Waals surface area contributed by atoms with E-state index in [4.69, 9.17) is 14.6 Å². The van der Waals surface area contributed by atoms with Crippen LogP contribution >= 0.6 is 0 Å². The van der Waals surface area contributed by atoms with Gasteiger partial charge in [0.1, 0.15) is 6.10 Å². The second kappa shape index (κ2) is 6.50. The summed E-state index contributed by atoms with van der Waals surface area (Å²) in [4.78, 5) is 10.5. The van der Waals surface area contributed by atoms with Gasteiger partial charge in [0.05, 0.1) is 25.7 Å². The smallest absolute Gasteiger partial charge is 0.307 e. The van der Waals surface area contributed by atoms with Gasteiger partial charge in [0.15, 0.2) is 0 Å². The minimum Gasteiger partial charge on any atom is -0.481 e. The molecule has 4 nitrogen and oxygen atoms in total. The van der Waals surface area contributed by atoms with Crippen molar-refractivity contribution < 1.29 is 19.4 Å².